The zero-order valence-electron chi connectivity index (χ0n) is 18.9. The number of carbonyl (C=O) groups is 2. The van der Waals surface area contributed by atoms with E-state index in [1.54, 1.807) is 12.0 Å². The normalized spacial score (nSPS) is 15.1. The van der Waals surface area contributed by atoms with E-state index in [0.29, 0.717) is 53.7 Å². The summed E-state index contributed by atoms with van der Waals surface area (Å²) >= 11 is 1.29. The zero-order chi connectivity index (χ0) is 23.0. The molecular formula is C23H30N4O5S. The van der Waals surface area contributed by atoms with Gasteiger partial charge < -0.3 is 24.4 Å². The highest BCUT2D eigenvalue weighted by Gasteiger charge is 2.20. The summed E-state index contributed by atoms with van der Waals surface area (Å²) in [5.74, 6) is 1.93. The molecule has 1 aliphatic heterocycles. The van der Waals surface area contributed by atoms with Crippen LogP contribution in [0.2, 0.25) is 0 Å². The lowest BCUT2D eigenvalue weighted by atomic mass is 10.0. The van der Waals surface area contributed by atoms with Crippen molar-refractivity contribution in [2.45, 2.75) is 44.9 Å². The third-order valence-electron chi connectivity index (χ3n) is 6.06. The Morgan fingerprint density at radius 3 is 2.79 bits per heavy atom. The van der Waals surface area contributed by atoms with Gasteiger partial charge in [0.1, 0.15) is 5.01 Å². The predicted octanol–water partition coefficient (Wildman–Crippen LogP) is 3.71. The summed E-state index contributed by atoms with van der Waals surface area (Å²) in [6.45, 7) is 1.50. The van der Waals surface area contributed by atoms with Crippen molar-refractivity contribution < 1.29 is 23.8 Å². The number of aromatic nitrogens is 2. The Bertz CT molecular complexity index is 960. The molecule has 2 aromatic rings. The number of hydrogen-bond donors (Lipinski definition) is 1. The summed E-state index contributed by atoms with van der Waals surface area (Å²) in [6, 6.07) is 5.56. The molecule has 1 saturated carbocycles. The molecule has 1 aromatic heterocycles. The van der Waals surface area contributed by atoms with Crippen molar-refractivity contribution in [1.82, 2.24) is 15.1 Å². The first-order valence-corrected chi connectivity index (χ1v) is 12.2. The second kappa shape index (κ2) is 11.4. The van der Waals surface area contributed by atoms with E-state index in [2.05, 4.69) is 15.5 Å². The van der Waals surface area contributed by atoms with Gasteiger partial charge in [0.2, 0.25) is 23.7 Å². The van der Waals surface area contributed by atoms with Crippen LogP contribution in [0.4, 0.5) is 5.13 Å². The first-order chi connectivity index (χ1) is 16.1. The second-order valence-corrected chi connectivity index (χ2v) is 9.32. The van der Waals surface area contributed by atoms with Crippen LogP contribution in [0, 0.1) is 5.92 Å². The quantitative estimate of drug-likeness (QED) is 0.530. The fraction of sp³-hybridized carbons (Fsp3) is 0.565. The zero-order valence-corrected chi connectivity index (χ0v) is 19.7. The highest BCUT2D eigenvalue weighted by molar-refractivity contribution is 7.18. The van der Waals surface area contributed by atoms with Gasteiger partial charge in [0.05, 0.1) is 6.61 Å². The smallest absolute Gasteiger partial charge is 0.231 e. The number of nitrogens with one attached hydrogen (secondary N) is 1. The molecule has 0 spiro atoms. The van der Waals surface area contributed by atoms with E-state index < -0.39 is 0 Å². The lowest BCUT2D eigenvalue weighted by Crippen LogP contribution is -2.36. The summed E-state index contributed by atoms with van der Waals surface area (Å²) < 4.78 is 15.9. The van der Waals surface area contributed by atoms with Gasteiger partial charge in [-0.25, -0.2) is 0 Å². The Balaban J connectivity index is 1.27. The first-order valence-electron chi connectivity index (χ1n) is 11.4. The van der Waals surface area contributed by atoms with Crippen molar-refractivity contribution in [3.8, 4) is 22.1 Å². The minimum Gasteiger partial charge on any atom is -0.454 e. The Morgan fingerprint density at radius 1 is 1.15 bits per heavy atom. The number of benzene rings is 1. The Labute approximate surface area is 197 Å². The molecular weight excluding hydrogens is 444 g/mol. The number of methoxy groups -OCH3 is 1. The van der Waals surface area contributed by atoms with Crippen LogP contribution < -0.4 is 14.8 Å². The van der Waals surface area contributed by atoms with Crippen LogP contribution in [-0.2, 0) is 14.3 Å². The van der Waals surface area contributed by atoms with Crippen LogP contribution in [0.3, 0.4) is 0 Å². The highest BCUT2D eigenvalue weighted by atomic mass is 32.1. The molecule has 2 aliphatic rings. The molecule has 1 fully saturated rings. The van der Waals surface area contributed by atoms with Gasteiger partial charge in [-0.15, -0.1) is 10.2 Å². The van der Waals surface area contributed by atoms with Crippen LogP contribution in [-0.4, -0.2) is 60.5 Å². The van der Waals surface area contributed by atoms with Crippen molar-refractivity contribution in [3.05, 3.63) is 18.2 Å². The molecule has 10 heteroatoms. The molecule has 4 rings (SSSR count). The summed E-state index contributed by atoms with van der Waals surface area (Å²) in [5, 5.41) is 12.1. The molecule has 1 N–H and O–H groups in total. The summed E-state index contributed by atoms with van der Waals surface area (Å²) in [4.78, 5) is 27.0. The Hall–Kier alpha value is -2.72. The van der Waals surface area contributed by atoms with Gasteiger partial charge in [-0.1, -0.05) is 37.0 Å². The largest absolute Gasteiger partial charge is 0.454 e. The van der Waals surface area contributed by atoms with E-state index in [4.69, 9.17) is 14.2 Å². The predicted molar refractivity (Wildman–Crippen MR) is 124 cm³/mol. The number of hydrogen-bond acceptors (Lipinski definition) is 8. The molecule has 0 saturated heterocycles. The van der Waals surface area contributed by atoms with Crippen LogP contribution in [0.15, 0.2) is 18.2 Å². The highest BCUT2D eigenvalue weighted by Crippen LogP contribution is 2.37. The minimum atomic E-state index is -0.200. The summed E-state index contributed by atoms with van der Waals surface area (Å²) in [5.41, 5.74) is 0.843. The Morgan fingerprint density at radius 2 is 1.97 bits per heavy atom. The Kier molecular flexibility index (Phi) is 8.11. The van der Waals surface area contributed by atoms with Gasteiger partial charge in [-0.3, -0.25) is 9.59 Å². The van der Waals surface area contributed by atoms with E-state index >= 15 is 0 Å². The van der Waals surface area contributed by atoms with Gasteiger partial charge in [0, 0.05) is 38.6 Å². The molecule has 0 atom stereocenters. The number of fused-ring (bicyclic) bond motifs is 1. The maximum Gasteiger partial charge on any atom is 0.231 e. The van der Waals surface area contributed by atoms with Gasteiger partial charge in [0.15, 0.2) is 11.5 Å². The topological polar surface area (TPSA) is 103 Å². The molecule has 9 nitrogen and oxygen atoms in total. The van der Waals surface area contributed by atoms with Gasteiger partial charge in [-0.05, 0) is 30.5 Å². The molecule has 0 unspecified atom stereocenters. The van der Waals surface area contributed by atoms with Crippen LogP contribution in [0.25, 0.3) is 10.6 Å². The molecule has 0 radical (unpaired) electrons. The SMILES string of the molecule is COCCN(CCC(=O)Nc1nnc(-c2ccc3c(c2)OCO3)s1)C(=O)CCC1CCCC1. The van der Waals surface area contributed by atoms with E-state index in [-0.39, 0.29) is 25.0 Å². The van der Waals surface area contributed by atoms with Crippen molar-refractivity contribution in [1.29, 1.82) is 0 Å². The number of rotatable bonds is 11. The number of nitrogens with zero attached hydrogens (tertiary/aromatic N) is 3. The van der Waals surface area contributed by atoms with Crippen LogP contribution in [0.5, 0.6) is 11.5 Å². The van der Waals surface area contributed by atoms with Crippen LogP contribution in [0.1, 0.15) is 44.9 Å². The lowest BCUT2D eigenvalue weighted by Gasteiger charge is -2.23. The first kappa shape index (κ1) is 23.4. The number of carbonyl (C=O) groups excluding carboxylic acids is 2. The summed E-state index contributed by atoms with van der Waals surface area (Å²) in [7, 11) is 1.61. The molecule has 33 heavy (non-hydrogen) atoms. The van der Waals surface area contributed by atoms with E-state index in [1.165, 1.54) is 37.0 Å². The molecule has 178 valence electrons. The minimum absolute atomic E-state index is 0.0905. The van der Waals surface area contributed by atoms with Crippen molar-refractivity contribution in [2.24, 2.45) is 5.92 Å². The lowest BCUT2D eigenvalue weighted by molar-refractivity contribution is -0.132. The molecule has 1 aromatic carbocycles. The number of amides is 2. The maximum atomic E-state index is 12.7. The maximum absolute atomic E-state index is 12.7. The molecule has 2 amide bonds. The van der Waals surface area contributed by atoms with E-state index in [1.807, 2.05) is 18.2 Å². The average molecular weight is 475 g/mol. The molecule has 0 bridgehead atoms. The monoisotopic (exact) mass is 474 g/mol. The fourth-order valence-electron chi connectivity index (χ4n) is 4.19. The molecule has 2 heterocycles. The van der Waals surface area contributed by atoms with Gasteiger partial charge in [0.25, 0.3) is 0 Å². The van der Waals surface area contributed by atoms with Crippen LogP contribution >= 0.6 is 11.3 Å². The fourth-order valence-corrected chi connectivity index (χ4v) is 4.94. The van der Waals surface area contributed by atoms with E-state index in [9.17, 15) is 9.59 Å². The molecule has 1 aliphatic carbocycles. The van der Waals surface area contributed by atoms with Crippen molar-refractivity contribution in [2.75, 3.05) is 38.9 Å². The summed E-state index contributed by atoms with van der Waals surface area (Å²) in [6.07, 6.45) is 6.65. The van der Waals surface area contributed by atoms with Gasteiger partial charge >= 0.3 is 0 Å². The third kappa shape index (κ3) is 6.42. The second-order valence-electron chi connectivity index (χ2n) is 8.34. The van der Waals surface area contributed by atoms with Crippen molar-refractivity contribution in [3.63, 3.8) is 0 Å². The van der Waals surface area contributed by atoms with E-state index in [0.717, 1.165) is 12.0 Å². The third-order valence-corrected chi connectivity index (χ3v) is 6.95. The standard InChI is InChI=1S/C23H30N4O5S/c1-30-13-12-27(21(29)9-6-16-4-2-3-5-16)11-10-20(28)24-23-26-25-22(33-23)17-7-8-18-19(14-17)32-15-31-18/h7-8,14,16H,2-6,9-13,15H2,1H3,(H,24,26,28). The average Bonchev–Trinajstić information content (AvgIpc) is 3.59. The number of anilines is 1. The van der Waals surface area contributed by atoms with Crippen molar-refractivity contribution >= 4 is 28.3 Å². The van der Waals surface area contributed by atoms with Gasteiger partial charge in [-0.2, -0.15) is 0 Å². The number of ether oxygens (including phenoxy) is 3.